The van der Waals surface area contributed by atoms with Crippen molar-refractivity contribution < 1.29 is 13.2 Å². The maximum Gasteiger partial charge on any atom is 0.252 e. The number of nitrogens with one attached hydrogen (secondary N) is 1. The average molecular weight is 455 g/mol. The number of sulfonamides is 1. The van der Waals surface area contributed by atoms with Gasteiger partial charge in [-0.05, 0) is 54.8 Å². The molecule has 1 N–H and O–H groups in total. The Kier molecular flexibility index (Phi) is 5.95. The Balaban J connectivity index is 1.76. The van der Waals surface area contributed by atoms with E-state index in [1.165, 1.54) is 15.6 Å². The van der Waals surface area contributed by atoms with Gasteiger partial charge in [0.1, 0.15) is 5.75 Å². The number of H-pyrrole nitrogens is 1. The predicted molar refractivity (Wildman–Crippen MR) is 123 cm³/mol. The first-order valence-corrected chi connectivity index (χ1v) is 12.0. The molecule has 2 aromatic carbocycles. The fourth-order valence-electron chi connectivity index (χ4n) is 3.33. The molecule has 31 heavy (non-hydrogen) atoms. The summed E-state index contributed by atoms with van der Waals surface area (Å²) in [6.07, 6.45) is 0. The summed E-state index contributed by atoms with van der Waals surface area (Å²) in [4.78, 5) is 16.7. The second-order valence-corrected chi connectivity index (χ2v) is 10.2. The number of methoxy groups -OCH3 is 1. The molecule has 0 aliphatic rings. The third-order valence-electron chi connectivity index (χ3n) is 5.05. The first kappa shape index (κ1) is 21.3. The number of rotatable bonds is 7. The van der Waals surface area contributed by atoms with Crippen molar-refractivity contribution in [3.63, 3.8) is 0 Å². The molecule has 0 saturated heterocycles. The number of hydrogen-bond donors (Lipinski definition) is 1. The number of benzene rings is 2. The second-order valence-electron chi connectivity index (χ2n) is 7.24. The lowest BCUT2D eigenvalue weighted by atomic mass is 10.1. The zero-order chi connectivity index (χ0) is 22.0. The zero-order valence-corrected chi connectivity index (χ0v) is 18.8. The molecule has 0 spiro atoms. The van der Waals surface area contributed by atoms with Gasteiger partial charge in [0.15, 0.2) is 0 Å². The summed E-state index contributed by atoms with van der Waals surface area (Å²) in [6.45, 7) is 2.04. The van der Waals surface area contributed by atoms with E-state index in [-0.39, 0.29) is 23.5 Å². The van der Waals surface area contributed by atoms with Crippen LogP contribution in [0.3, 0.4) is 0 Å². The van der Waals surface area contributed by atoms with Gasteiger partial charge >= 0.3 is 0 Å². The number of pyridine rings is 1. The van der Waals surface area contributed by atoms with Crippen LogP contribution in [0.2, 0.25) is 0 Å². The number of fused-ring (bicyclic) bond motifs is 1. The van der Waals surface area contributed by atoms with Crippen LogP contribution in [0.5, 0.6) is 5.75 Å². The van der Waals surface area contributed by atoms with Crippen LogP contribution in [0.1, 0.15) is 16.0 Å². The van der Waals surface area contributed by atoms with Gasteiger partial charge in [-0.3, -0.25) is 4.79 Å². The molecule has 0 aliphatic carbocycles. The summed E-state index contributed by atoms with van der Waals surface area (Å²) in [5.41, 5.74) is 1.70. The van der Waals surface area contributed by atoms with Gasteiger partial charge in [-0.1, -0.05) is 23.8 Å². The largest absolute Gasteiger partial charge is 0.497 e. The highest BCUT2D eigenvalue weighted by atomic mass is 32.2. The molecular weight excluding hydrogens is 432 g/mol. The third kappa shape index (κ3) is 4.56. The summed E-state index contributed by atoms with van der Waals surface area (Å²) in [5, 5.41) is 2.68. The molecule has 0 bridgehead atoms. The zero-order valence-electron chi connectivity index (χ0n) is 17.2. The Morgan fingerprint density at radius 3 is 2.48 bits per heavy atom. The normalized spacial score (nSPS) is 11.8. The van der Waals surface area contributed by atoms with E-state index in [1.807, 2.05) is 30.5 Å². The Bertz CT molecular complexity index is 1360. The Morgan fingerprint density at radius 1 is 1.03 bits per heavy atom. The van der Waals surface area contributed by atoms with Gasteiger partial charge in [0.25, 0.3) is 5.56 Å². The minimum atomic E-state index is -3.81. The summed E-state index contributed by atoms with van der Waals surface area (Å²) < 4.78 is 33.5. The van der Waals surface area contributed by atoms with Crippen LogP contribution in [0.4, 0.5) is 0 Å². The van der Waals surface area contributed by atoms with Crippen molar-refractivity contribution >= 4 is 32.3 Å². The van der Waals surface area contributed by atoms with Gasteiger partial charge < -0.3 is 9.72 Å². The van der Waals surface area contributed by atoms with E-state index in [4.69, 9.17) is 4.74 Å². The van der Waals surface area contributed by atoms with Crippen LogP contribution in [0.25, 0.3) is 10.9 Å². The van der Waals surface area contributed by atoms with E-state index < -0.39 is 10.0 Å². The van der Waals surface area contributed by atoms with E-state index in [9.17, 15) is 13.2 Å². The molecule has 8 heteroatoms. The topological polar surface area (TPSA) is 79.5 Å². The first-order chi connectivity index (χ1) is 14.9. The van der Waals surface area contributed by atoms with Crippen LogP contribution in [0, 0.1) is 6.92 Å². The maximum atomic E-state index is 13.4. The van der Waals surface area contributed by atoms with Crippen LogP contribution in [-0.2, 0) is 23.1 Å². The lowest BCUT2D eigenvalue weighted by Gasteiger charge is -2.22. The number of aromatic nitrogens is 1. The molecule has 0 unspecified atom stereocenters. The Labute approximate surface area is 184 Å². The lowest BCUT2D eigenvalue weighted by molar-refractivity contribution is 0.402. The van der Waals surface area contributed by atoms with Crippen LogP contribution < -0.4 is 10.3 Å². The predicted octanol–water partition coefficient (Wildman–Crippen LogP) is 4.30. The highest BCUT2D eigenvalue weighted by Gasteiger charge is 2.26. The van der Waals surface area contributed by atoms with Gasteiger partial charge in [0.05, 0.1) is 12.0 Å². The third-order valence-corrected chi connectivity index (χ3v) is 7.71. The molecule has 2 heterocycles. The fourth-order valence-corrected chi connectivity index (χ4v) is 5.52. The van der Waals surface area contributed by atoms with E-state index in [1.54, 1.807) is 49.6 Å². The van der Waals surface area contributed by atoms with Crippen LogP contribution in [-0.4, -0.2) is 24.8 Å². The SMILES string of the molecule is COc1ccc2[nH]c(=O)c(CN(Cc3cccs3)S(=O)(=O)c3ccc(C)cc3)cc2c1. The summed E-state index contributed by atoms with van der Waals surface area (Å²) >= 11 is 1.48. The number of aromatic amines is 1. The lowest BCUT2D eigenvalue weighted by Crippen LogP contribution is -2.32. The standard InChI is InChI=1S/C23H22N2O4S2/c1-16-5-8-21(9-6-16)31(27,28)25(15-20-4-3-11-30-20)14-18-12-17-13-19(29-2)7-10-22(17)24-23(18)26/h3-13H,14-15H2,1-2H3,(H,24,26). The summed E-state index contributed by atoms with van der Waals surface area (Å²) in [6, 6.07) is 17.6. The van der Waals surface area contributed by atoms with Crippen molar-refractivity contribution in [1.29, 1.82) is 0 Å². The van der Waals surface area contributed by atoms with Gasteiger partial charge in [0.2, 0.25) is 10.0 Å². The highest BCUT2D eigenvalue weighted by Crippen LogP contribution is 2.24. The first-order valence-electron chi connectivity index (χ1n) is 9.66. The number of aryl methyl sites for hydroxylation is 1. The van der Waals surface area contributed by atoms with Crippen molar-refractivity contribution in [2.45, 2.75) is 24.9 Å². The van der Waals surface area contributed by atoms with E-state index in [0.717, 1.165) is 15.8 Å². The Hall–Kier alpha value is -2.94. The molecule has 4 aromatic rings. The van der Waals surface area contributed by atoms with E-state index in [2.05, 4.69) is 4.98 Å². The summed E-state index contributed by atoms with van der Waals surface area (Å²) in [5.74, 6) is 0.660. The molecule has 6 nitrogen and oxygen atoms in total. The molecule has 0 radical (unpaired) electrons. The van der Waals surface area contributed by atoms with Crippen LogP contribution >= 0.6 is 11.3 Å². The van der Waals surface area contributed by atoms with Gasteiger partial charge in [-0.2, -0.15) is 4.31 Å². The molecule has 0 aliphatic heterocycles. The molecule has 2 aromatic heterocycles. The van der Waals surface area contributed by atoms with Crippen molar-refractivity contribution in [3.05, 3.63) is 92.4 Å². The van der Waals surface area contributed by atoms with E-state index >= 15 is 0 Å². The number of hydrogen-bond acceptors (Lipinski definition) is 5. The molecule has 160 valence electrons. The maximum absolute atomic E-state index is 13.4. The van der Waals surface area contributed by atoms with Crippen molar-refractivity contribution in [3.8, 4) is 5.75 Å². The average Bonchev–Trinajstić information content (AvgIpc) is 3.27. The molecular formula is C23H22N2O4S2. The van der Waals surface area contributed by atoms with Crippen molar-refractivity contribution in [1.82, 2.24) is 9.29 Å². The minimum Gasteiger partial charge on any atom is -0.497 e. The molecule has 4 rings (SSSR count). The quantitative estimate of drug-likeness (QED) is 0.452. The fraction of sp³-hybridized carbons (Fsp3) is 0.174. The van der Waals surface area contributed by atoms with Crippen molar-refractivity contribution in [2.24, 2.45) is 0 Å². The molecule has 0 amide bonds. The van der Waals surface area contributed by atoms with Crippen LogP contribution in [0.15, 0.2) is 75.7 Å². The van der Waals surface area contributed by atoms with Gasteiger partial charge in [0, 0.05) is 34.4 Å². The summed E-state index contributed by atoms with van der Waals surface area (Å²) in [7, 11) is -2.24. The van der Waals surface area contributed by atoms with Gasteiger partial charge in [-0.25, -0.2) is 8.42 Å². The van der Waals surface area contributed by atoms with Gasteiger partial charge in [-0.15, -0.1) is 11.3 Å². The van der Waals surface area contributed by atoms with Crippen molar-refractivity contribution in [2.75, 3.05) is 7.11 Å². The monoisotopic (exact) mass is 454 g/mol. The second kappa shape index (κ2) is 8.66. The smallest absolute Gasteiger partial charge is 0.252 e. The Morgan fingerprint density at radius 2 is 1.81 bits per heavy atom. The molecule has 0 fully saturated rings. The number of thiophene rings is 1. The molecule has 0 atom stereocenters. The number of ether oxygens (including phenoxy) is 1. The highest BCUT2D eigenvalue weighted by molar-refractivity contribution is 7.89. The minimum absolute atomic E-state index is 0.0450. The number of nitrogens with zero attached hydrogens (tertiary/aromatic N) is 1. The molecule has 0 saturated carbocycles. The van der Waals surface area contributed by atoms with E-state index in [0.29, 0.717) is 16.8 Å².